The summed E-state index contributed by atoms with van der Waals surface area (Å²) in [6, 6.07) is 0. The Morgan fingerprint density at radius 3 is 2.06 bits per heavy atom. The van der Waals surface area contributed by atoms with Gasteiger partial charge in [0, 0.05) is 0 Å². The van der Waals surface area contributed by atoms with Crippen molar-refractivity contribution in [1.29, 1.82) is 0 Å². The van der Waals surface area contributed by atoms with Crippen LogP contribution in [0.1, 0.15) is 53.9 Å². The smallest absolute Gasteiger partial charge is 0.303 e. The molecule has 17 heavy (non-hydrogen) atoms. The fourth-order valence-corrected chi connectivity index (χ4v) is 3.75. The van der Waals surface area contributed by atoms with Crippen LogP contribution in [0.25, 0.3) is 0 Å². The molecule has 1 rings (SSSR count). The third kappa shape index (κ3) is 2.35. The molecular formula is C14H27NO2. The molecule has 1 aliphatic rings. The minimum atomic E-state index is -0.721. The maximum absolute atomic E-state index is 10.9. The monoisotopic (exact) mass is 241 g/mol. The summed E-state index contributed by atoms with van der Waals surface area (Å²) in [5, 5.41) is 9.00. The first-order valence-corrected chi connectivity index (χ1v) is 6.50. The third-order valence-corrected chi connectivity index (χ3v) is 4.94. The lowest BCUT2D eigenvalue weighted by molar-refractivity contribution is -0.164. The summed E-state index contributed by atoms with van der Waals surface area (Å²) in [7, 11) is 0. The average Bonchev–Trinajstić information content (AvgIpc) is 2.07. The van der Waals surface area contributed by atoms with Gasteiger partial charge >= 0.3 is 5.97 Å². The number of hydrogen-bond acceptors (Lipinski definition) is 2. The predicted molar refractivity (Wildman–Crippen MR) is 69.7 cm³/mol. The van der Waals surface area contributed by atoms with Gasteiger partial charge in [-0.1, -0.05) is 34.6 Å². The lowest BCUT2D eigenvalue weighted by Crippen LogP contribution is -2.59. The van der Waals surface area contributed by atoms with Crippen LogP contribution < -0.4 is 5.73 Å². The zero-order valence-electron chi connectivity index (χ0n) is 11.8. The molecule has 100 valence electrons. The fourth-order valence-electron chi connectivity index (χ4n) is 3.75. The first-order chi connectivity index (χ1) is 7.58. The predicted octanol–water partition coefficient (Wildman–Crippen LogP) is 2.89. The molecule has 3 nitrogen and oxygen atoms in total. The summed E-state index contributed by atoms with van der Waals surface area (Å²) in [4.78, 5) is 10.9. The Balaban J connectivity index is 2.89. The van der Waals surface area contributed by atoms with E-state index in [1.807, 2.05) is 0 Å². The van der Waals surface area contributed by atoms with Crippen LogP contribution in [0.5, 0.6) is 0 Å². The highest BCUT2D eigenvalue weighted by atomic mass is 16.4. The van der Waals surface area contributed by atoms with Crippen LogP contribution >= 0.6 is 0 Å². The summed E-state index contributed by atoms with van der Waals surface area (Å²) in [6.45, 7) is 11.7. The van der Waals surface area contributed by atoms with Crippen molar-refractivity contribution in [1.82, 2.24) is 0 Å². The summed E-state index contributed by atoms with van der Waals surface area (Å²) in [5.41, 5.74) is 6.10. The lowest BCUT2D eigenvalue weighted by Gasteiger charge is -2.64. The number of hydrogen-bond donors (Lipinski definition) is 2. The molecule has 3 heteroatoms. The Kier molecular flexibility index (Phi) is 3.64. The third-order valence-electron chi connectivity index (χ3n) is 4.94. The summed E-state index contributed by atoms with van der Waals surface area (Å²) in [6.07, 6.45) is 2.11. The number of nitrogens with two attached hydrogens (primary N) is 1. The number of carboxylic acid groups (broad SMARTS) is 1. The highest BCUT2D eigenvalue weighted by Crippen LogP contribution is 2.66. The van der Waals surface area contributed by atoms with Crippen molar-refractivity contribution in [2.45, 2.75) is 53.9 Å². The summed E-state index contributed by atoms with van der Waals surface area (Å²) < 4.78 is 0. The molecule has 0 aromatic rings. The average molecular weight is 241 g/mol. The highest BCUT2D eigenvalue weighted by Gasteiger charge is 2.60. The Morgan fingerprint density at radius 2 is 1.82 bits per heavy atom. The van der Waals surface area contributed by atoms with Crippen LogP contribution in [-0.2, 0) is 4.79 Å². The van der Waals surface area contributed by atoms with Crippen molar-refractivity contribution in [2.75, 3.05) is 6.54 Å². The van der Waals surface area contributed by atoms with Crippen LogP contribution in [0.15, 0.2) is 0 Å². The van der Waals surface area contributed by atoms with Crippen molar-refractivity contribution in [2.24, 2.45) is 27.9 Å². The normalized spacial score (nSPS) is 33.6. The Morgan fingerprint density at radius 1 is 1.35 bits per heavy atom. The van der Waals surface area contributed by atoms with Crippen LogP contribution in [0.4, 0.5) is 0 Å². The molecule has 0 radical (unpaired) electrons. The molecule has 0 aromatic carbocycles. The van der Waals surface area contributed by atoms with Crippen LogP contribution in [-0.4, -0.2) is 17.6 Å². The summed E-state index contributed by atoms with van der Waals surface area (Å²) >= 11 is 0. The molecule has 0 aromatic heterocycles. The van der Waals surface area contributed by atoms with Crippen molar-refractivity contribution < 1.29 is 9.90 Å². The van der Waals surface area contributed by atoms with Gasteiger partial charge in [0.1, 0.15) is 0 Å². The van der Waals surface area contributed by atoms with Gasteiger partial charge in [-0.2, -0.15) is 0 Å². The van der Waals surface area contributed by atoms with E-state index in [9.17, 15) is 4.79 Å². The van der Waals surface area contributed by atoms with Gasteiger partial charge in [0.2, 0.25) is 0 Å². The highest BCUT2D eigenvalue weighted by molar-refractivity contribution is 5.68. The molecule has 0 amide bonds. The van der Waals surface area contributed by atoms with E-state index in [-0.39, 0.29) is 22.7 Å². The van der Waals surface area contributed by atoms with Gasteiger partial charge in [0.15, 0.2) is 0 Å². The van der Waals surface area contributed by atoms with Gasteiger partial charge in [-0.25, -0.2) is 0 Å². The SMILES string of the molecule is CC(C)C1(C(C)(C)C)CC(CN)(CC(=O)O)C1. The Labute approximate surface area is 105 Å². The van der Waals surface area contributed by atoms with E-state index in [0.717, 1.165) is 12.8 Å². The molecule has 0 spiro atoms. The second kappa shape index (κ2) is 4.27. The largest absolute Gasteiger partial charge is 0.481 e. The lowest BCUT2D eigenvalue weighted by atomic mass is 9.41. The van der Waals surface area contributed by atoms with Gasteiger partial charge < -0.3 is 10.8 Å². The number of aliphatic carboxylic acids is 1. The molecule has 1 saturated carbocycles. The molecule has 3 N–H and O–H groups in total. The molecule has 0 unspecified atom stereocenters. The van der Waals surface area contributed by atoms with Crippen molar-refractivity contribution >= 4 is 5.97 Å². The first kappa shape index (κ1) is 14.5. The van der Waals surface area contributed by atoms with Crippen molar-refractivity contribution in [3.05, 3.63) is 0 Å². The topological polar surface area (TPSA) is 63.3 Å². The molecule has 0 aliphatic heterocycles. The molecule has 0 heterocycles. The molecular weight excluding hydrogens is 214 g/mol. The quantitative estimate of drug-likeness (QED) is 0.795. The van der Waals surface area contributed by atoms with Crippen LogP contribution in [0.2, 0.25) is 0 Å². The Hall–Kier alpha value is -0.570. The van der Waals surface area contributed by atoms with E-state index in [1.54, 1.807) is 0 Å². The number of carbonyl (C=O) groups is 1. The van der Waals surface area contributed by atoms with Gasteiger partial charge in [0.25, 0.3) is 0 Å². The standard InChI is InChI=1S/C14H27NO2/c1-10(2)14(12(3,4)5)7-13(8-14,9-15)6-11(16)17/h10H,6-9,15H2,1-5H3,(H,16,17). The van der Waals surface area contributed by atoms with Gasteiger partial charge in [0.05, 0.1) is 6.42 Å². The molecule has 1 aliphatic carbocycles. The van der Waals surface area contributed by atoms with Crippen LogP contribution in [0.3, 0.4) is 0 Å². The molecule has 1 fully saturated rings. The zero-order valence-corrected chi connectivity index (χ0v) is 11.8. The van der Waals surface area contributed by atoms with Crippen molar-refractivity contribution in [3.63, 3.8) is 0 Å². The minimum absolute atomic E-state index is 0.163. The minimum Gasteiger partial charge on any atom is -0.481 e. The maximum atomic E-state index is 10.9. The van der Waals surface area contributed by atoms with E-state index < -0.39 is 5.97 Å². The van der Waals surface area contributed by atoms with E-state index in [4.69, 9.17) is 10.8 Å². The first-order valence-electron chi connectivity index (χ1n) is 6.50. The molecule has 0 atom stereocenters. The van der Waals surface area contributed by atoms with Crippen molar-refractivity contribution in [3.8, 4) is 0 Å². The number of rotatable bonds is 4. The Bertz CT molecular complexity index is 296. The van der Waals surface area contributed by atoms with E-state index in [0.29, 0.717) is 12.5 Å². The van der Waals surface area contributed by atoms with E-state index >= 15 is 0 Å². The van der Waals surface area contributed by atoms with Gasteiger partial charge in [-0.05, 0) is 41.5 Å². The zero-order chi connectivity index (χ0) is 13.5. The molecule has 0 saturated heterocycles. The second-order valence-corrected chi connectivity index (χ2v) is 7.19. The maximum Gasteiger partial charge on any atom is 0.303 e. The van der Waals surface area contributed by atoms with Crippen LogP contribution in [0, 0.1) is 22.2 Å². The van der Waals surface area contributed by atoms with E-state index in [2.05, 4.69) is 34.6 Å². The van der Waals surface area contributed by atoms with Gasteiger partial charge in [-0.3, -0.25) is 4.79 Å². The fraction of sp³-hybridized carbons (Fsp3) is 0.929. The van der Waals surface area contributed by atoms with E-state index in [1.165, 1.54) is 0 Å². The van der Waals surface area contributed by atoms with Gasteiger partial charge in [-0.15, -0.1) is 0 Å². The molecule has 0 bridgehead atoms. The number of carboxylic acids is 1. The summed E-state index contributed by atoms with van der Waals surface area (Å²) in [5.74, 6) is -0.155. The second-order valence-electron chi connectivity index (χ2n) is 7.19.